The van der Waals surface area contributed by atoms with Crippen LogP contribution in [0.2, 0.25) is 0 Å². The largest absolute Gasteiger partial charge is 0.480 e. The number of carbonyl (C=O) groups is 1. The van der Waals surface area contributed by atoms with E-state index in [0.29, 0.717) is 25.2 Å². The second kappa shape index (κ2) is 6.67. The molecule has 0 spiro atoms. The van der Waals surface area contributed by atoms with E-state index >= 15 is 0 Å². The summed E-state index contributed by atoms with van der Waals surface area (Å²) >= 11 is 0. The Morgan fingerprint density at radius 3 is 2.58 bits per heavy atom. The molecule has 7 heteroatoms. The third-order valence-corrected chi connectivity index (χ3v) is 5.25. The first-order chi connectivity index (χ1) is 8.77. The molecule has 6 nitrogen and oxygen atoms in total. The maximum atomic E-state index is 12.3. The van der Waals surface area contributed by atoms with E-state index in [2.05, 4.69) is 0 Å². The highest BCUT2D eigenvalue weighted by Gasteiger charge is 2.39. The van der Waals surface area contributed by atoms with Crippen molar-refractivity contribution in [2.75, 3.05) is 19.4 Å². The summed E-state index contributed by atoms with van der Waals surface area (Å²) in [6.07, 6.45) is 1.23. The Hall–Kier alpha value is -0.660. The molecule has 112 valence electrons. The first-order valence-corrected chi connectivity index (χ1v) is 8.14. The fourth-order valence-electron chi connectivity index (χ4n) is 2.41. The van der Waals surface area contributed by atoms with Gasteiger partial charge in [-0.15, -0.1) is 0 Å². The van der Waals surface area contributed by atoms with Crippen molar-refractivity contribution in [2.45, 2.75) is 45.3 Å². The number of carboxylic acid groups (broad SMARTS) is 1. The van der Waals surface area contributed by atoms with Crippen LogP contribution in [0.5, 0.6) is 0 Å². The van der Waals surface area contributed by atoms with E-state index in [1.54, 1.807) is 0 Å². The summed E-state index contributed by atoms with van der Waals surface area (Å²) in [6.45, 7) is 4.28. The predicted molar refractivity (Wildman–Crippen MR) is 71.4 cm³/mol. The molecular weight excluding hydrogens is 270 g/mol. The zero-order valence-corrected chi connectivity index (χ0v) is 12.5. The van der Waals surface area contributed by atoms with Crippen molar-refractivity contribution in [1.29, 1.82) is 0 Å². The molecule has 1 fully saturated rings. The van der Waals surface area contributed by atoms with Crippen LogP contribution in [0.15, 0.2) is 0 Å². The van der Waals surface area contributed by atoms with E-state index in [-0.39, 0.29) is 18.4 Å². The minimum absolute atomic E-state index is 0.147. The predicted octanol–water partition coefficient (Wildman–Crippen LogP) is 0.926. The number of carboxylic acids is 1. The fraction of sp³-hybridized carbons (Fsp3) is 0.917. The molecule has 2 unspecified atom stereocenters. The highest BCUT2D eigenvalue weighted by molar-refractivity contribution is 7.89. The third-order valence-electron chi connectivity index (χ3n) is 3.31. The van der Waals surface area contributed by atoms with Gasteiger partial charge in [-0.1, -0.05) is 13.8 Å². The van der Waals surface area contributed by atoms with Crippen LogP contribution >= 0.6 is 0 Å². The lowest BCUT2D eigenvalue weighted by Gasteiger charge is -2.24. The molecule has 19 heavy (non-hydrogen) atoms. The molecule has 0 aliphatic carbocycles. The monoisotopic (exact) mass is 293 g/mol. The number of hydrogen-bond acceptors (Lipinski definition) is 4. The average Bonchev–Trinajstić information content (AvgIpc) is 2.76. The molecular formula is C12H23NO5S. The minimum atomic E-state index is -3.58. The maximum absolute atomic E-state index is 12.3. The maximum Gasteiger partial charge on any atom is 0.322 e. The summed E-state index contributed by atoms with van der Waals surface area (Å²) in [5.41, 5.74) is 0. The highest BCUT2D eigenvalue weighted by atomic mass is 32.2. The van der Waals surface area contributed by atoms with E-state index in [1.807, 2.05) is 13.8 Å². The number of sulfonamides is 1. The van der Waals surface area contributed by atoms with E-state index in [0.717, 1.165) is 4.31 Å². The van der Waals surface area contributed by atoms with Crippen molar-refractivity contribution >= 4 is 16.0 Å². The lowest BCUT2D eigenvalue weighted by molar-refractivity contribution is -0.140. The zero-order valence-electron chi connectivity index (χ0n) is 11.7. The molecule has 1 rings (SSSR count). The van der Waals surface area contributed by atoms with Crippen LogP contribution in [0, 0.1) is 5.92 Å². The Labute approximate surface area is 114 Å². The number of hydrogen-bond donors (Lipinski definition) is 1. The van der Waals surface area contributed by atoms with Gasteiger partial charge in [-0.25, -0.2) is 8.42 Å². The average molecular weight is 293 g/mol. The number of nitrogens with zero attached hydrogens (tertiary/aromatic N) is 1. The minimum Gasteiger partial charge on any atom is -0.480 e. The Kier molecular flexibility index (Phi) is 5.76. The summed E-state index contributed by atoms with van der Waals surface area (Å²) in [4.78, 5) is 11.1. The van der Waals surface area contributed by atoms with Crippen molar-refractivity contribution < 1.29 is 23.1 Å². The molecule has 0 saturated carbocycles. The first kappa shape index (κ1) is 16.4. The van der Waals surface area contributed by atoms with Gasteiger partial charge in [-0.3, -0.25) is 4.79 Å². The van der Waals surface area contributed by atoms with Gasteiger partial charge in [0.15, 0.2) is 0 Å². The van der Waals surface area contributed by atoms with Gasteiger partial charge in [-0.05, 0) is 25.2 Å². The van der Waals surface area contributed by atoms with E-state index < -0.39 is 22.0 Å². The second-order valence-electron chi connectivity index (χ2n) is 5.37. The van der Waals surface area contributed by atoms with Crippen molar-refractivity contribution in [1.82, 2.24) is 4.31 Å². The summed E-state index contributed by atoms with van der Waals surface area (Å²) < 4.78 is 30.9. The lowest BCUT2D eigenvalue weighted by atomic mass is 10.1. The van der Waals surface area contributed by atoms with Crippen LogP contribution in [0.1, 0.15) is 33.1 Å². The van der Waals surface area contributed by atoms with Gasteiger partial charge in [0, 0.05) is 13.7 Å². The Balaban J connectivity index is 2.77. The van der Waals surface area contributed by atoms with Crippen molar-refractivity contribution in [3.8, 4) is 0 Å². The van der Waals surface area contributed by atoms with Crippen LogP contribution in [-0.2, 0) is 19.6 Å². The van der Waals surface area contributed by atoms with Crippen molar-refractivity contribution in [2.24, 2.45) is 5.92 Å². The number of rotatable bonds is 7. The lowest BCUT2D eigenvalue weighted by Crippen LogP contribution is -2.43. The number of aliphatic carboxylic acids is 1. The Morgan fingerprint density at radius 1 is 1.47 bits per heavy atom. The standard InChI is InChI=1S/C12H23NO5S/c1-9(2)7-10(18-3)8-19(16,17)13-6-4-5-11(13)12(14)15/h9-11H,4-8H2,1-3H3,(H,14,15). The molecule has 0 aromatic carbocycles. The SMILES string of the molecule is COC(CC(C)C)CS(=O)(=O)N1CCCC1C(=O)O. The van der Waals surface area contributed by atoms with Gasteiger partial charge in [0.25, 0.3) is 0 Å². The van der Waals surface area contributed by atoms with Crippen LogP contribution in [0.3, 0.4) is 0 Å². The smallest absolute Gasteiger partial charge is 0.322 e. The van der Waals surface area contributed by atoms with Crippen molar-refractivity contribution in [3.05, 3.63) is 0 Å². The molecule has 2 atom stereocenters. The summed E-state index contributed by atoms with van der Waals surface area (Å²) in [7, 11) is -2.10. The Morgan fingerprint density at radius 2 is 2.11 bits per heavy atom. The summed E-state index contributed by atoms with van der Waals surface area (Å²) in [5.74, 6) is -0.890. The molecule has 1 aliphatic rings. The molecule has 1 saturated heterocycles. The van der Waals surface area contributed by atoms with Gasteiger partial charge in [0.05, 0.1) is 11.9 Å². The molecule has 0 aromatic heterocycles. The molecule has 0 bridgehead atoms. The molecule has 0 radical (unpaired) electrons. The molecule has 1 heterocycles. The molecule has 1 aliphatic heterocycles. The highest BCUT2D eigenvalue weighted by Crippen LogP contribution is 2.23. The summed E-state index contributed by atoms with van der Waals surface area (Å²) in [5, 5.41) is 9.05. The van der Waals surface area contributed by atoms with Crippen LogP contribution in [0.25, 0.3) is 0 Å². The van der Waals surface area contributed by atoms with E-state index in [4.69, 9.17) is 9.84 Å². The fourth-order valence-corrected chi connectivity index (χ4v) is 4.33. The molecule has 0 amide bonds. The normalized spacial score (nSPS) is 22.8. The van der Waals surface area contributed by atoms with Crippen LogP contribution in [0.4, 0.5) is 0 Å². The van der Waals surface area contributed by atoms with Crippen LogP contribution < -0.4 is 0 Å². The zero-order chi connectivity index (χ0) is 14.6. The molecule has 1 N–H and O–H groups in total. The van der Waals surface area contributed by atoms with Gasteiger partial charge < -0.3 is 9.84 Å². The van der Waals surface area contributed by atoms with Crippen molar-refractivity contribution in [3.63, 3.8) is 0 Å². The first-order valence-electron chi connectivity index (χ1n) is 6.53. The van der Waals surface area contributed by atoms with E-state index in [9.17, 15) is 13.2 Å². The summed E-state index contributed by atoms with van der Waals surface area (Å²) in [6, 6.07) is -0.915. The van der Waals surface area contributed by atoms with Gasteiger partial charge in [0.1, 0.15) is 6.04 Å². The quantitative estimate of drug-likeness (QED) is 0.755. The third kappa shape index (κ3) is 4.43. The molecule has 0 aromatic rings. The Bertz CT molecular complexity index is 406. The second-order valence-corrected chi connectivity index (χ2v) is 7.34. The van der Waals surface area contributed by atoms with Gasteiger partial charge in [-0.2, -0.15) is 4.31 Å². The van der Waals surface area contributed by atoms with Gasteiger partial charge >= 0.3 is 5.97 Å². The van der Waals surface area contributed by atoms with E-state index in [1.165, 1.54) is 7.11 Å². The topological polar surface area (TPSA) is 83.9 Å². The van der Waals surface area contributed by atoms with Crippen LogP contribution in [-0.4, -0.2) is 55.4 Å². The number of methoxy groups -OCH3 is 1. The van der Waals surface area contributed by atoms with Gasteiger partial charge in [0.2, 0.25) is 10.0 Å². The number of ether oxygens (including phenoxy) is 1.